The normalized spacial score (nSPS) is 13.4. The number of nitrogens with zero attached hydrogens (tertiary/aromatic N) is 3. The first-order valence-electron chi connectivity index (χ1n) is 10.2. The number of amides is 1. The fraction of sp³-hybridized carbons (Fsp3) is 0.261. The van der Waals surface area contributed by atoms with Crippen LogP contribution in [0.3, 0.4) is 0 Å². The van der Waals surface area contributed by atoms with E-state index < -0.39 is 0 Å². The van der Waals surface area contributed by atoms with Crippen molar-refractivity contribution in [2.75, 3.05) is 18.6 Å². The Morgan fingerprint density at radius 2 is 2.12 bits per heavy atom. The largest absolute Gasteiger partial charge is 0.495 e. The Bertz CT molecular complexity index is 1320. The molecule has 32 heavy (non-hydrogen) atoms. The first-order valence-corrected chi connectivity index (χ1v) is 12.4. The highest BCUT2D eigenvalue weighted by molar-refractivity contribution is 8.00. The van der Waals surface area contributed by atoms with E-state index in [-0.39, 0.29) is 5.91 Å². The molecule has 0 saturated heterocycles. The van der Waals surface area contributed by atoms with Crippen molar-refractivity contribution in [3.8, 4) is 5.75 Å². The quantitative estimate of drug-likeness (QED) is 0.316. The summed E-state index contributed by atoms with van der Waals surface area (Å²) in [7, 11) is 1.61. The van der Waals surface area contributed by atoms with Crippen LogP contribution in [0.25, 0.3) is 11.0 Å². The summed E-state index contributed by atoms with van der Waals surface area (Å²) in [6.07, 6.45) is 1.62. The van der Waals surface area contributed by atoms with Gasteiger partial charge in [0.1, 0.15) is 16.3 Å². The number of hydrogen-bond acceptors (Lipinski definition) is 7. The molecule has 1 aliphatic rings. The Kier molecular flexibility index (Phi) is 5.84. The van der Waals surface area contributed by atoms with Crippen LogP contribution in [0, 0.1) is 6.92 Å². The maximum Gasteiger partial charge on any atom is 0.294 e. The Hall–Kier alpha value is -2.55. The van der Waals surface area contributed by atoms with Crippen LogP contribution >= 0.6 is 34.7 Å². The van der Waals surface area contributed by atoms with Gasteiger partial charge in [0, 0.05) is 28.3 Å². The van der Waals surface area contributed by atoms with Crippen molar-refractivity contribution >= 4 is 57.3 Å². The number of fused-ring (bicyclic) bond motifs is 2. The highest BCUT2D eigenvalue weighted by atomic mass is 35.5. The molecule has 0 aliphatic carbocycles. The molecule has 0 atom stereocenters. The number of para-hydroxylation sites is 1. The van der Waals surface area contributed by atoms with E-state index in [1.165, 1.54) is 11.3 Å². The molecule has 2 aromatic heterocycles. The first kappa shape index (κ1) is 21.3. The van der Waals surface area contributed by atoms with E-state index >= 15 is 0 Å². The second-order valence-electron chi connectivity index (χ2n) is 7.42. The first-order chi connectivity index (χ1) is 15.6. The molecule has 1 aliphatic heterocycles. The summed E-state index contributed by atoms with van der Waals surface area (Å²) in [5, 5.41) is 10.8. The van der Waals surface area contributed by atoms with Gasteiger partial charge in [0.15, 0.2) is 10.1 Å². The third-order valence-electron chi connectivity index (χ3n) is 5.47. The Morgan fingerprint density at radius 3 is 2.91 bits per heavy atom. The van der Waals surface area contributed by atoms with Gasteiger partial charge < -0.3 is 14.1 Å². The average molecular weight is 486 g/mol. The van der Waals surface area contributed by atoms with Crippen LogP contribution in [0.2, 0.25) is 5.02 Å². The standard InChI is InChI=1S/C23H20ClN3O3S2/c1-13-25-26-23(32-13)31-12-16-14-6-3-4-8-18(14)30-21(16)22(28)27-11-5-7-15-17(24)9-10-19(29-2)20(15)27/h3-4,6,8-10H,5,7,11-12H2,1-2H3. The monoisotopic (exact) mass is 485 g/mol. The zero-order valence-corrected chi connectivity index (χ0v) is 19.9. The molecular formula is C23H20ClN3O3S2. The lowest BCUT2D eigenvalue weighted by molar-refractivity contribution is 0.0959. The number of methoxy groups -OCH3 is 1. The number of halogens is 1. The van der Waals surface area contributed by atoms with E-state index in [0.29, 0.717) is 34.4 Å². The zero-order valence-electron chi connectivity index (χ0n) is 17.6. The van der Waals surface area contributed by atoms with Crippen molar-refractivity contribution in [2.45, 2.75) is 29.9 Å². The number of thioether (sulfide) groups is 1. The van der Waals surface area contributed by atoms with Gasteiger partial charge in [-0.2, -0.15) is 0 Å². The van der Waals surface area contributed by atoms with Gasteiger partial charge in [-0.05, 0) is 43.5 Å². The number of carbonyl (C=O) groups excluding carboxylic acids is 1. The maximum atomic E-state index is 13.8. The van der Waals surface area contributed by atoms with E-state index in [1.807, 2.05) is 37.3 Å². The van der Waals surface area contributed by atoms with Crippen LogP contribution in [0.5, 0.6) is 5.75 Å². The summed E-state index contributed by atoms with van der Waals surface area (Å²) in [6, 6.07) is 11.4. The van der Waals surface area contributed by atoms with Crippen LogP contribution in [0.4, 0.5) is 5.69 Å². The second kappa shape index (κ2) is 8.77. The van der Waals surface area contributed by atoms with Crippen molar-refractivity contribution in [3.63, 3.8) is 0 Å². The van der Waals surface area contributed by atoms with Crippen LogP contribution in [-0.4, -0.2) is 29.8 Å². The van der Waals surface area contributed by atoms with E-state index in [1.54, 1.807) is 29.8 Å². The van der Waals surface area contributed by atoms with Crippen molar-refractivity contribution in [3.05, 3.63) is 63.3 Å². The molecule has 0 unspecified atom stereocenters. The molecule has 9 heteroatoms. The number of carbonyl (C=O) groups is 1. The average Bonchev–Trinajstić information content (AvgIpc) is 3.40. The van der Waals surface area contributed by atoms with E-state index in [4.69, 9.17) is 20.8 Å². The molecular weight excluding hydrogens is 466 g/mol. The molecule has 0 bridgehead atoms. The predicted molar refractivity (Wildman–Crippen MR) is 128 cm³/mol. The van der Waals surface area contributed by atoms with Gasteiger partial charge in [-0.3, -0.25) is 4.79 Å². The van der Waals surface area contributed by atoms with Crippen molar-refractivity contribution in [1.82, 2.24) is 10.2 Å². The number of aromatic nitrogens is 2. The van der Waals surface area contributed by atoms with Crippen molar-refractivity contribution in [2.24, 2.45) is 0 Å². The topological polar surface area (TPSA) is 68.5 Å². The Balaban J connectivity index is 1.57. The minimum Gasteiger partial charge on any atom is -0.495 e. The molecule has 0 fully saturated rings. The van der Waals surface area contributed by atoms with Gasteiger partial charge in [0.2, 0.25) is 0 Å². The highest BCUT2D eigenvalue weighted by Gasteiger charge is 2.32. The fourth-order valence-corrected chi connectivity index (χ4v) is 6.12. The van der Waals surface area contributed by atoms with Crippen LogP contribution in [-0.2, 0) is 12.2 Å². The fourth-order valence-electron chi connectivity index (χ4n) is 4.03. The third-order valence-corrected chi connectivity index (χ3v) is 7.82. The third kappa shape index (κ3) is 3.76. The minimum atomic E-state index is -0.188. The lowest BCUT2D eigenvalue weighted by atomic mass is 10.00. The predicted octanol–water partition coefficient (Wildman–Crippen LogP) is 6.14. The van der Waals surface area contributed by atoms with Gasteiger partial charge in [-0.25, -0.2) is 0 Å². The Morgan fingerprint density at radius 1 is 1.28 bits per heavy atom. The molecule has 0 N–H and O–H groups in total. The number of anilines is 1. The van der Waals surface area contributed by atoms with Crippen LogP contribution in [0.1, 0.15) is 33.1 Å². The Labute approximate surface area is 198 Å². The molecule has 0 radical (unpaired) electrons. The SMILES string of the molecule is COc1ccc(Cl)c2c1N(C(=O)c1oc3ccccc3c1CSc1nnc(C)s1)CCC2. The summed E-state index contributed by atoms with van der Waals surface area (Å²) in [6.45, 7) is 2.50. The van der Waals surface area contributed by atoms with Gasteiger partial charge in [-0.15, -0.1) is 10.2 Å². The molecule has 4 aromatic rings. The number of aryl methyl sites for hydroxylation is 1. The number of benzene rings is 2. The molecule has 5 rings (SSSR count). The zero-order chi connectivity index (χ0) is 22.2. The number of furan rings is 1. The molecule has 0 spiro atoms. The molecule has 2 aromatic carbocycles. The van der Waals surface area contributed by atoms with E-state index in [0.717, 1.165) is 44.4 Å². The number of hydrogen-bond donors (Lipinski definition) is 0. The molecule has 0 saturated carbocycles. The van der Waals surface area contributed by atoms with Crippen LogP contribution in [0.15, 0.2) is 45.2 Å². The summed E-state index contributed by atoms with van der Waals surface area (Å²) in [5.41, 5.74) is 3.21. The second-order valence-corrected chi connectivity index (χ2v) is 10.2. The lowest BCUT2D eigenvalue weighted by Gasteiger charge is -2.31. The molecule has 3 heterocycles. The van der Waals surface area contributed by atoms with Gasteiger partial charge in [0.25, 0.3) is 5.91 Å². The molecule has 6 nitrogen and oxygen atoms in total. The number of ether oxygens (including phenoxy) is 1. The molecule has 1 amide bonds. The van der Waals surface area contributed by atoms with Crippen molar-refractivity contribution < 1.29 is 13.9 Å². The van der Waals surface area contributed by atoms with Gasteiger partial charge in [-0.1, -0.05) is 52.9 Å². The van der Waals surface area contributed by atoms with E-state index in [2.05, 4.69) is 10.2 Å². The maximum absolute atomic E-state index is 13.8. The summed E-state index contributed by atoms with van der Waals surface area (Å²) in [5.74, 6) is 1.34. The van der Waals surface area contributed by atoms with Gasteiger partial charge in [0.05, 0.1) is 12.8 Å². The van der Waals surface area contributed by atoms with Crippen molar-refractivity contribution in [1.29, 1.82) is 0 Å². The highest BCUT2D eigenvalue weighted by Crippen LogP contribution is 2.42. The smallest absolute Gasteiger partial charge is 0.294 e. The minimum absolute atomic E-state index is 0.188. The number of rotatable bonds is 5. The lowest BCUT2D eigenvalue weighted by Crippen LogP contribution is -2.36. The van der Waals surface area contributed by atoms with Gasteiger partial charge >= 0.3 is 0 Å². The summed E-state index contributed by atoms with van der Waals surface area (Å²) < 4.78 is 12.6. The van der Waals surface area contributed by atoms with E-state index in [9.17, 15) is 4.79 Å². The summed E-state index contributed by atoms with van der Waals surface area (Å²) >= 11 is 9.56. The molecule has 164 valence electrons. The van der Waals surface area contributed by atoms with Crippen LogP contribution < -0.4 is 9.64 Å². The summed E-state index contributed by atoms with van der Waals surface area (Å²) in [4.78, 5) is 15.6.